The molecule has 0 fully saturated rings. The number of pyridine rings is 1. The zero-order valence-corrected chi connectivity index (χ0v) is 32.4. The van der Waals surface area contributed by atoms with Gasteiger partial charge in [-0.2, -0.15) is 0 Å². The quantitative estimate of drug-likeness (QED) is 0.158. The minimum Gasteiger partial charge on any atom is -0.456 e. The van der Waals surface area contributed by atoms with Gasteiger partial charge < -0.3 is 8.98 Å². The molecule has 0 atom stereocenters. The number of aromatic nitrogens is 1. The summed E-state index contributed by atoms with van der Waals surface area (Å²) in [5, 5.41) is 4.51. The van der Waals surface area contributed by atoms with Gasteiger partial charge in [0.1, 0.15) is 11.2 Å². The fraction of sp³-hybridized carbons (Fsp3) is 0.170. The summed E-state index contributed by atoms with van der Waals surface area (Å²) in [4.78, 5) is 36.5. The van der Waals surface area contributed by atoms with Crippen LogP contribution in [0.1, 0.15) is 48.5 Å². The highest BCUT2D eigenvalue weighted by atomic mass is 32.1. The molecule has 6 heteroatoms. The van der Waals surface area contributed by atoms with E-state index in [0.717, 1.165) is 48.5 Å². The molecule has 3 aromatic heterocycles. The number of rotatable bonds is 1. The maximum absolute atomic E-state index is 12.3. The maximum atomic E-state index is 12.3. The second-order valence-electron chi connectivity index (χ2n) is 11.0. The normalized spacial score (nSPS) is 10.1. The molecule has 0 aliphatic heterocycles. The monoisotopic (exact) mass is 721 g/mol. The average molecular weight is 722 g/mol. The largest absolute Gasteiger partial charge is 0.456 e. The van der Waals surface area contributed by atoms with Crippen LogP contribution in [0.4, 0.5) is 0 Å². The molecule has 0 saturated heterocycles. The molecule has 0 aliphatic rings. The zero-order chi connectivity index (χ0) is 38.3. The van der Waals surface area contributed by atoms with Crippen LogP contribution in [0.15, 0.2) is 164 Å². The third-order valence-corrected chi connectivity index (χ3v) is 9.31. The summed E-state index contributed by atoms with van der Waals surface area (Å²) >= 11 is 1.67. The maximum Gasteiger partial charge on any atom is 0.200 e. The van der Waals surface area contributed by atoms with Crippen LogP contribution < -0.4 is 16.3 Å². The molecule has 0 amide bonds. The van der Waals surface area contributed by atoms with E-state index in [1.54, 1.807) is 23.5 Å². The first-order chi connectivity index (χ1) is 26.0. The standard InChI is InChI=1S/C15H13NO.C13H8O2.C13H8OS.3C2H6/c1-2-16-13-9-5-3-7-11(13)15(17)12-8-4-6-10-14(12)16;2*14-13-9-5-1-3-7-11(9)15-12-8-4-2-6-10(12)13;3*1-2/h3-10H,2H2,1H3;2*1-8H;3*1-2H3. The Morgan fingerprint density at radius 2 is 0.717 bits per heavy atom. The van der Waals surface area contributed by atoms with Crippen molar-refractivity contribution >= 4 is 75.3 Å². The molecule has 0 saturated carbocycles. The molecule has 0 radical (unpaired) electrons. The number of fused-ring (bicyclic) bond motifs is 6. The molecule has 53 heavy (non-hydrogen) atoms. The van der Waals surface area contributed by atoms with Gasteiger partial charge in [-0.15, -0.1) is 11.3 Å². The molecule has 9 aromatic rings. The lowest BCUT2D eigenvalue weighted by Gasteiger charge is -2.12. The predicted octanol–water partition coefficient (Wildman–Crippen LogP) is 12.6. The molecule has 5 nitrogen and oxygen atoms in total. The van der Waals surface area contributed by atoms with Crippen molar-refractivity contribution < 1.29 is 4.42 Å². The number of aryl methyl sites for hydroxylation is 1. The average Bonchev–Trinajstić information content (AvgIpc) is 3.24. The van der Waals surface area contributed by atoms with Crippen molar-refractivity contribution in [1.82, 2.24) is 4.57 Å². The van der Waals surface area contributed by atoms with Gasteiger partial charge in [0.25, 0.3) is 0 Å². The lowest BCUT2D eigenvalue weighted by molar-refractivity contribution is 0.660. The van der Waals surface area contributed by atoms with Gasteiger partial charge in [-0.25, -0.2) is 0 Å². The second-order valence-corrected chi connectivity index (χ2v) is 12.0. The van der Waals surface area contributed by atoms with E-state index in [-0.39, 0.29) is 16.3 Å². The first-order valence-electron chi connectivity index (χ1n) is 18.4. The molecule has 0 spiro atoms. The Kier molecular flexibility index (Phi) is 14.8. The van der Waals surface area contributed by atoms with Crippen molar-refractivity contribution in [3.8, 4) is 0 Å². The first kappa shape index (κ1) is 39.9. The number of hydrogen-bond acceptors (Lipinski definition) is 5. The van der Waals surface area contributed by atoms with Gasteiger partial charge in [0.05, 0.1) is 21.8 Å². The molecule has 0 N–H and O–H groups in total. The predicted molar refractivity (Wildman–Crippen MR) is 231 cm³/mol. The number of benzene rings is 6. The van der Waals surface area contributed by atoms with Crippen LogP contribution in [-0.4, -0.2) is 4.57 Å². The van der Waals surface area contributed by atoms with E-state index in [9.17, 15) is 14.4 Å². The van der Waals surface area contributed by atoms with Crippen molar-refractivity contribution in [1.29, 1.82) is 0 Å². The van der Waals surface area contributed by atoms with E-state index in [2.05, 4.69) is 11.5 Å². The molecule has 0 bridgehead atoms. The second kappa shape index (κ2) is 19.7. The van der Waals surface area contributed by atoms with Crippen molar-refractivity contribution in [2.24, 2.45) is 0 Å². The van der Waals surface area contributed by atoms with Crippen LogP contribution in [0.25, 0.3) is 63.9 Å². The fourth-order valence-electron chi connectivity index (χ4n) is 5.92. The van der Waals surface area contributed by atoms with Gasteiger partial charge in [-0.05, 0) is 79.7 Å². The van der Waals surface area contributed by atoms with Gasteiger partial charge in [0, 0.05) is 37.5 Å². The van der Waals surface area contributed by atoms with E-state index in [4.69, 9.17) is 4.42 Å². The summed E-state index contributed by atoms with van der Waals surface area (Å²) in [7, 11) is 0. The molecule has 0 unspecified atom stereocenters. The third-order valence-electron chi connectivity index (χ3n) is 8.16. The Labute approximate surface area is 314 Å². The Bertz CT molecular complexity index is 2460. The smallest absolute Gasteiger partial charge is 0.200 e. The van der Waals surface area contributed by atoms with E-state index in [1.165, 1.54) is 0 Å². The Morgan fingerprint density at radius 3 is 1.13 bits per heavy atom. The van der Waals surface area contributed by atoms with E-state index in [0.29, 0.717) is 21.9 Å². The lowest BCUT2D eigenvalue weighted by atomic mass is 10.1. The first-order valence-corrected chi connectivity index (χ1v) is 19.2. The summed E-state index contributed by atoms with van der Waals surface area (Å²) in [6.07, 6.45) is 0. The molecule has 0 aliphatic carbocycles. The van der Waals surface area contributed by atoms with Crippen molar-refractivity contribution in [2.75, 3.05) is 0 Å². The van der Waals surface area contributed by atoms with E-state index >= 15 is 0 Å². The SMILES string of the molecule is CC.CC.CC.CCn1c2ccccc2c(=O)c2ccccc21.O=c1c2ccccc2oc2ccccc12.O=c1c2ccccc2sc2ccccc12. The number of nitrogens with zero attached hydrogens (tertiary/aromatic N) is 1. The van der Waals surface area contributed by atoms with Crippen LogP contribution in [0.2, 0.25) is 0 Å². The highest BCUT2D eigenvalue weighted by Gasteiger charge is 2.08. The third kappa shape index (κ3) is 8.62. The van der Waals surface area contributed by atoms with Crippen LogP contribution in [-0.2, 0) is 6.54 Å². The minimum absolute atomic E-state index is 0.0347. The highest BCUT2D eigenvalue weighted by molar-refractivity contribution is 7.24. The number of hydrogen-bond donors (Lipinski definition) is 0. The van der Waals surface area contributed by atoms with Crippen LogP contribution in [0, 0.1) is 0 Å². The molecular formula is C47H47NO4S. The van der Waals surface area contributed by atoms with Crippen molar-refractivity contribution in [2.45, 2.75) is 55.0 Å². The Balaban J connectivity index is 0.000000166. The minimum atomic E-state index is 0.0347. The Hall–Kier alpha value is -5.85. The molecule has 3 heterocycles. The molecule has 9 rings (SSSR count). The van der Waals surface area contributed by atoms with Gasteiger partial charge in [0.2, 0.25) is 5.43 Å². The molecule has 6 aromatic carbocycles. The topological polar surface area (TPSA) is 69.3 Å². The van der Waals surface area contributed by atoms with Crippen LogP contribution in [0.3, 0.4) is 0 Å². The molecule has 270 valence electrons. The summed E-state index contributed by atoms with van der Waals surface area (Å²) in [5.41, 5.74) is 3.60. The van der Waals surface area contributed by atoms with Crippen LogP contribution >= 0.6 is 11.3 Å². The lowest BCUT2D eigenvalue weighted by Crippen LogP contribution is -2.10. The summed E-state index contributed by atoms with van der Waals surface area (Å²) in [6, 6.07) is 45.7. The van der Waals surface area contributed by atoms with Crippen molar-refractivity contribution in [3.63, 3.8) is 0 Å². The summed E-state index contributed by atoms with van der Waals surface area (Å²) in [5.74, 6) is 0. The fourth-order valence-corrected chi connectivity index (χ4v) is 6.99. The van der Waals surface area contributed by atoms with Crippen LogP contribution in [0.5, 0.6) is 0 Å². The van der Waals surface area contributed by atoms with Crippen molar-refractivity contribution in [3.05, 3.63) is 176 Å². The van der Waals surface area contributed by atoms with Gasteiger partial charge in [0.15, 0.2) is 10.9 Å². The van der Waals surface area contributed by atoms with Gasteiger partial charge in [-0.1, -0.05) is 114 Å². The summed E-state index contributed by atoms with van der Waals surface area (Å²) in [6.45, 7) is 15.0. The Morgan fingerprint density at radius 1 is 0.415 bits per heavy atom. The molecular weight excluding hydrogens is 675 g/mol. The highest BCUT2D eigenvalue weighted by Crippen LogP contribution is 2.24. The summed E-state index contributed by atoms with van der Waals surface area (Å²) < 4.78 is 9.93. The van der Waals surface area contributed by atoms with E-state index in [1.807, 2.05) is 175 Å². The van der Waals surface area contributed by atoms with Gasteiger partial charge in [-0.3, -0.25) is 14.4 Å². The van der Waals surface area contributed by atoms with Gasteiger partial charge >= 0.3 is 0 Å². The number of para-hydroxylation sites is 4. The van der Waals surface area contributed by atoms with E-state index < -0.39 is 0 Å². The zero-order valence-electron chi connectivity index (χ0n) is 31.6.